The molecule has 0 bridgehead atoms. The maximum absolute atomic E-state index is 10.5. The fourth-order valence-electron chi connectivity index (χ4n) is 1.36. The van der Waals surface area contributed by atoms with Crippen LogP contribution >= 0.6 is 0 Å². The second kappa shape index (κ2) is 4.01. The lowest BCUT2D eigenvalue weighted by Gasteiger charge is -2.28. The van der Waals surface area contributed by atoms with E-state index in [1.165, 1.54) is 0 Å². The van der Waals surface area contributed by atoms with Gasteiger partial charge in [-0.2, -0.15) is 0 Å². The highest BCUT2D eigenvalue weighted by atomic mass is 16.5. The molecular weight excluding hydrogens is 154 g/mol. The lowest BCUT2D eigenvalue weighted by Crippen LogP contribution is -2.40. The Morgan fingerprint density at radius 3 is 2.92 bits per heavy atom. The Labute approximate surface area is 73.5 Å². The quantitative estimate of drug-likeness (QED) is 0.670. The molecule has 1 rings (SSSR count). The molecule has 1 aliphatic rings. The summed E-state index contributed by atoms with van der Waals surface area (Å²) >= 11 is 0. The maximum Gasteiger partial charge on any atom is 0.204 e. The van der Waals surface area contributed by atoms with Crippen LogP contribution in [0.5, 0.6) is 0 Å². The molecule has 1 atom stereocenters. The van der Waals surface area contributed by atoms with Gasteiger partial charge < -0.3 is 10.1 Å². The van der Waals surface area contributed by atoms with E-state index in [4.69, 9.17) is 4.74 Å². The lowest BCUT2D eigenvalue weighted by atomic mass is 9.88. The van der Waals surface area contributed by atoms with Crippen LogP contribution in [0.3, 0.4) is 0 Å². The van der Waals surface area contributed by atoms with Crippen molar-refractivity contribution in [2.24, 2.45) is 5.41 Å². The van der Waals surface area contributed by atoms with Crippen LogP contribution in [0, 0.1) is 5.41 Å². The van der Waals surface area contributed by atoms with Crippen molar-refractivity contribution in [3.05, 3.63) is 0 Å². The monoisotopic (exact) mass is 170 g/mol. The van der Waals surface area contributed by atoms with Crippen LogP contribution in [0.25, 0.3) is 0 Å². The van der Waals surface area contributed by atoms with Crippen LogP contribution in [0.4, 0.5) is 0 Å². The molecule has 3 heteroatoms. The molecule has 1 N–H and O–H groups in total. The highest BCUT2D eigenvalue weighted by Gasteiger charge is 2.25. The van der Waals surface area contributed by atoms with Crippen LogP contribution in [-0.4, -0.2) is 32.1 Å². The molecule has 0 aromatic rings. The third-order valence-corrected chi connectivity index (χ3v) is 2.02. The van der Waals surface area contributed by atoms with Crippen LogP contribution in [-0.2, 0) is 9.53 Å². The molecule has 3 nitrogen and oxygen atoms in total. The van der Waals surface area contributed by atoms with Gasteiger partial charge in [-0.05, 0) is 6.42 Å². The maximum atomic E-state index is 10.5. The summed E-state index contributed by atoms with van der Waals surface area (Å²) in [5.74, 6) is 0. The molecule has 0 spiro atoms. The summed E-state index contributed by atoms with van der Waals surface area (Å²) in [4.78, 5) is 10.5. The summed E-state index contributed by atoms with van der Waals surface area (Å²) in [6, 6.07) is 0. The molecule has 1 radical (unpaired) electrons. The molecule has 0 aromatic heterocycles. The molecule has 1 unspecified atom stereocenters. The van der Waals surface area contributed by atoms with E-state index in [0.29, 0.717) is 0 Å². The Kier molecular flexibility index (Phi) is 3.23. The number of hydrogen-bond acceptors (Lipinski definition) is 3. The van der Waals surface area contributed by atoms with Crippen molar-refractivity contribution in [3.63, 3.8) is 0 Å². The Hall–Kier alpha value is -0.410. The molecule has 1 saturated heterocycles. The Balaban J connectivity index is 2.33. The van der Waals surface area contributed by atoms with Gasteiger partial charge in [0, 0.05) is 18.5 Å². The van der Waals surface area contributed by atoms with E-state index in [0.717, 1.165) is 26.1 Å². The van der Waals surface area contributed by atoms with E-state index in [1.807, 2.05) is 20.1 Å². The number of rotatable bonds is 3. The van der Waals surface area contributed by atoms with Gasteiger partial charge in [0.05, 0.1) is 12.7 Å². The molecule has 0 aliphatic carbocycles. The summed E-state index contributed by atoms with van der Waals surface area (Å²) in [5, 5.41) is 3.23. The molecule has 69 valence electrons. The second-order valence-corrected chi connectivity index (χ2v) is 3.89. The predicted molar refractivity (Wildman–Crippen MR) is 46.7 cm³/mol. The topological polar surface area (TPSA) is 38.3 Å². The van der Waals surface area contributed by atoms with Gasteiger partial charge >= 0.3 is 0 Å². The van der Waals surface area contributed by atoms with Crippen LogP contribution in [0.1, 0.15) is 20.3 Å². The first-order valence-corrected chi connectivity index (χ1v) is 4.36. The van der Waals surface area contributed by atoms with Crippen molar-refractivity contribution < 1.29 is 9.53 Å². The first-order chi connectivity index (χ1) is 5.64. The zero-order chi connectivity index (χ0) is 9.03. The summed E-state index contributed by atoms with van der Waals surface area (Å²) in [5.41, 5.74) is -0.371. The molecule has 0 saturated carbocycles. The highest BCUT2D eigenvalue weighted by Crippen LogP contribution is 2.21. The van der Waals surface area contributed by atoms with Gasteiger partial charge in [-0.1, -0.05) is 13.8 Å². The summed E-state index contributed by atoms with van der Waals surface area (Å²) in [6.45, 7) is 6.29. The second-order valence-electron chi connectivity index (χ2n) is 3.89. The third kappa shape index (κ3) is 2.91. The summed E-state index contributed by atoms with van der Waals surface area (Å²) in [7, 11) is 0. The van der Waals surface area contributed by atoms with E-state index in [-0.39, 0.29) is 11.5 Å². The summed E-state index contributed by atoms with van der Waals surface area (Å²) < 4.78 is 5.47. The lowest BCUT2D eigenvalue weighted by molar-refractivity contribution is 0.0105. The first-order valence-electron chi connectivity index (χ1n) is 4.36. The molecule has 1 fully saturated rings. The molecule has 0 aromatic carbocycles. The van der Waals surface area contributed by atoms with Gasteiger partial charge in [0.25, 0.3) is 0 Å². The van der Waals surface area contributed by atoms with Gasteiger partial charge in [-0.15, -0.1) is 0 Å². The van der Waals surface area contributed by atoms with Crippen LogP contribution in [0.2, 0.25) is 0 Å². The Morgan fingerprint density at radius 2 is 2.42 bits per heavy atom. The van der Waals surface area contributed by atoms with E-state index in [1.54, 1.807) is 0 Å². The van der Waals surface area contributed by atoms with Crippen LogP contribution in [0.15, 0.2) is 0 Å². The average molecular weight is 170 g/mol. The fraction of sp³-hybridized carbons (Fsp3) is 0.889. The van der Waals surface area contributed by atoms with Crippen molar-refractivity contribution in [3.8, 4) is 0 Å². The van der Waals surface area contributed by atoms with E-state index in [2.05, 4.69) is 5.32 Å². The summed E-state index contributed by atoms with van der Waals surface area (Å²) in [6.07, 6.45) is 2.96. The Bertz CT molecular complexity index is 151. The number of nitrogens with one attached hydrogen (secondary N) is 1. The average Bonchev–Trinajstić information content (AvgIpc) is 2.06. The van der Waals surface area contributed by atoms with Gasteiger partial charge in [-0.25, -0.2) is 0 Å². The van der Waals surface area contributed by atoms with Gasteiger partial charge in [0.1, 0.15) is 0 Å². The minimum atomic E-state index is -0.371. The van der Waals surface area contributed by atoms with E-state index < -0.39 is 0 Å². The van der Waals surface area contributed by atoms with Gasteiger partial charge in [-0.3, -0.25) is 4.79 Å². The standard InChI is InChI=1S/C9H16NO2/c1-9(2,7-11)5-8-6-10-3-4-12-8/h8,10H,3-6H2,1-2H3. The normalized spacial score (nSPS) is 25.3. The third-order valence-electron chi connectivity index (χ3n) is 2.02. The van der Waals surface area contributed by atoms with Crippen molar-refractivity contribution in [2.75, 3.05) is 19.7 Å². The van der Waals surface area contributed by atoms with Gasteiger partial charge in [0.15, 0.2) is 0 Å². The first kappa shape index (κ1) is 9.68. The smallest absolute Gasteiger partial charge is 0.204 e. The number of carbonyl (C=O) groups excluding carboxylic acids is 1. The number of hydrogen-bond donors (Lipinski definition) is 1. The van der Waals surface area contributed by atoms with Crippen molar-refractivity contribution in [2.45, 2.75) is 26.4 Å². The fourth-order valence-corrected chi connectivity index (χ4v) is 1.36. The number of morpholine rings is 1. The zero-order valence-electron chi connectivity index (χ0n) is 7.72. The minimum absolute atomic E-state index is 0.176. The largest absolute Gasteiger partial charge is 0.376 e. The molecular formula is C9H16NO2. The van der Waals surface area contributed by atoms with E-state index >= 15 is 0 Å². The SMILES string of the molecule is CC(C)([C]=O)CC1CNCCO1. The van der Waals surface area contributed by atoms with Crippen molar-refractivity contribution >= 4 is 6.29 Å². The highest BCUT2D eigenvalue weighted by molar-refractivity contribution is 5.58. The van der Waals surface area contributed by atoms with Gasteiger partial charge in [0.2, 0.25) is 6.29 Å². The zero-order valence-corrected chi connectivity index (χ0v) is 7.72. The molecule has 0 amide bonds. The predicted octanol–water partition coefficient (Wildman–Crippen LogP) is 0.501. The molecule has 1 aliphatic heterocycles. The Morgan fingerprint density at radius 1 is 1.67 bits per heavy atom. The number of ether oxygens (including phenoxy) is 1. The van der Waals surface area contributed by atoms with Crippen molar-refractivity contribution in [1.82, 2.24) is 5.32 Å². The molecule has 12 heavy (non-hydrogen) atoms. The minimum Gasteiger partial charge on any atom is -0.376 e. The molecule has 1 heterocycles. The van der Waals surface area contributed by atoms with E-state index in [9.17, 15) is 4.79 Å². The van der Waals surface area contributed by atoms with Crippen LogP contribution < -0.4 is 5.32 Å². The van der Waals surface area contributed by atoms with Crippen molar-refractivity contribution in [1.29, 1.82) is 0 Å².